The van der Waals surface area contributed by atoms with Gasteiger partial charge < -0.3 is 9.40 Å². The van der Waals surface area contributed by atoms with Crippen LogP contribution in [0, 0.1) is 6.92 Å². The number of hydrogen-bond donors (Lipinski definition) is 0. The summed E-state index contributed by atoms with van der Waals surface area (Å²) in [6, 6.07) is 22.2. The van der Waals surface area contributed by atoms with Gasteiger partial charge in [-0.15, -0.1) is 11.3 Å². The molecule has 36 heavy (non-hydrogen) atoms. The highest BCUT2D eigenvalue weighted by molar-refractivity contribution is 7.12. The summed E-state index contributed by atoms with van der Waals surface area (Å²) >= 11 is 1.41. The van der Waals surface area contributed by atoms with Crippen LogP contribution < -0.4 is 0 Å². The third-order valence-corrected chi connectivity index (χ3v) is 7.12. The minimum Gasteiger partial charge on any atom is -0.341 e. The maximum absolute atomic E-state index is 13.6. The van der Waals surface area contributed by atoms with Crippen LogP contribution in [0.5, 0.6) is 0 Å². The molecule has 6 nitrogen and oxygen atoms in total. The third-order valence-electron chi connectivity index (χ3n) is 6.25. The average molecular weight is 495 g/mol. The zero-order valence-electron chi connectivity index (χ0n) is 19.7. The maximum Gasteiger partial charge on any atom is 0.323 e. The summed E-state index contributed by atoms with van der Waals surface area (Å²) < 4.78 is 2.16. The van der Waals surface area contributed by atoms with Crippen molar-refractivity contribution in [2.24, 2.45) is 5.16 Å². The summed E-state index contributed by atoms with van der Waals surface area (Å²) in [4.78, 5) is 42.8. The van der Waals surface area contributed by atoms with Gasteiger partial charge in [-0.05, 0) is 67.3 Å². The number of fused-ring (bicyclic) bond motifs is 3. The lowest BCUT2D eigenvalue weighted by atomic mass is 9.96. The number of aromatic nitrogens is 1. The molecule has 0 atom stereocenters. The second-order valence-corrected chi connectivity index (χ2v) is 9.25. The number of Topliss-reactive ketones (excluding diaryl/α,β-unsaturated/α-hetero) is 1. The molecule has 0 amide bonds. The highest BCUT2D eigenvalue weighted by Crippen LogP contribution is 2.32. The van der Waals surface area contributed by atoms with Crippen LogP contribution in [0.25, 0.3) is 21.8 Å². The second-order valence-electron chi connectivity index (χ2n) is 8.30. The Balaban J connectivity index is 1.66. The van der Waals surface area contributed by atoms with Crippen molar-refractivity contribution >= 4 is 56.9 Å². The molecule has 5 aromatic rings. The van der Waals surface area contributed by atoms with Crippen LogP contribution in [0.1, 0.15) is 43.6 Å². The van der Waals surface area contributed by atoms with Gasteiger partial charge in [0.15, 0.2) is 5.71 Å². The van der Waals surface area contributed by atoms with Gasteiger partial charge in [0, 0.05) is 45.0 Å². The quantitative estimate of drug-likeness (QED) is 0.0849. The van der Waals surface area contributed by atoms with Crippen LogP contribution in [0.2, 0.25) is 0 Å². The fourth-order valence-electron chi connectivity index (χ4n) is 4.54. The second kappa shape index (κ2) is 9.71. The number of hydrogen-bond acceptors (Lipinski definition) is 6. The first-order valence-electron chi connectivity index (χ1n) is 11.5. The Morgan fingerprint density at radius 1 is 0.944 bits per heavy atom. The molecule has 2 heterocycles. The molecule has 0 fully saturated rings. The van der Waals surface area contributed by atoms with Crippen LogP contribution >= 0.6 is 11.3 Å². The standard InChI is InChI=1S/C29H22N2O4S/c1-3-31-24-12-10-19(28(33)26-9-6-14-36-26)15-22(24)23-16-20(11-13-25(23)31)29(34)27(30-35-17-32)21-8-5-4-7-18(21)2/h4-17H,3H2,1-2H3/b30-27+. The molecule has 5 rings (SSSR count). The van der Waals surface area contributed by atoms with Crippen molar-refractivity contribution in [2.45, 2.75) is 20.4 Å². The van der Waals surface area contributed by atoms with Gasteiger partial charge in [0.25, 0.3) is 0 Å². The SMILES string of the molecule is CCn1c2ccc(C(=O)/C(=N/OC=O)c3ccccc3C)cc2c2cc(C(=O)c3cccs3)ccc21. The van der Waals surface area contributed by atoms with Crippen molar-refractivity contribution in [1.29, 1.82) is 0 Å². The van der Waals surface area contributed by atoms with E-state index in [0.717, 1.165) is 33.9 Å². The smallest absolute Gasteiger partial charge is 0.323 e. The molecule has 0 aliphatic heterocycles. The van der Waals surface area contributed by atoms with E-state index < -0.39 is 0 Å². The maximum atomic E-state index is 13.6. The van der Waals surface area contributed by atoms with E-state index >= 15 is 0 Å². The normalized spacial score (nSPS) is 11.7. The molecule has 7 heteroatoms. The van der Waals surface area contributed by atoms with Crippen molar-refractivity contribution in [3.8, 4) is 0 Å². The van der Waals surface area contributed by atoms with E-state index in [0.29, 0.717) is 21.6 Å². The first-order valence-corrected chi connectivity index (χ1v) is 12.3. The zero-order chi connectivity index (χ0) is 25.2. The summed E-state index contributed by atoms with van der Waals surface area (Å²) in [6.07, 6.45) is 0. The lowest BCUT2D eigenvalue weighted by Gasteiger charge is -2.08. The predicted octanol–water partition coefficient (Wildman–Crippen LogP) is 6.18. The first-order chi connectivity index (χ1) is 17.5. The van der Waals surface area contributed by atoms with Gasteiger partial charge in [-0.25, -0.2) is 0 Å². The minimum absolute atomic E-state index is 0.0310. The van der Waals surface area contributed by atoms with E-state index in [4.69, 9.17) is 0 Å². The molecular formula is C29H22N2O4S. The monoisotopic (exact) mass is 494 g/mol. The number of oxime groups is 1. The largest absolute Gasteiger partial charge is 0.341 e. The molecule has 0 bridgehead atoms. The van der Waals surface area contributed by atoms with Crippen molar-refractivity contribution < 1.29 is 19.2 Å². The molecule has 178 valence electrons. The molecule has 3 aromatic carbocycles. The van der Waals surface area contributed by atoms with Crippen LogP contribution in [0.4, 0.5) is 0 Å². The number of benzene rings is 3. The molecule has 0 aliphatic rings. The number of thiophene rings is 1. The molecule has 0 unspecified atom stereocenters. The Morgan fingerprint density at radius 2 is 1.64 bits per heavy atom. The summed E-state index contributed by atoms with van der Waals surface area (Å²) in [6.45, 7) is 4.84. The Morgan fingerprint density at radius 3 is 2.28 bits per heavy atom. The fraction of sp³-hybridized carbons (Fsp3) is 0.103. The van der Waals surface area contributed by atoms with Crippen molar-refractivity contribution in [3.05, 3.63) is 105 Å². The number of ketones is 2. The molecule has 0 aliphatic carbocycles. The van der Waals surface area contributed by atoms with Crippen LogP contribution in [-0.4, -0.2) is 28.3 Å². The molecular weight excluding hydrogens is 472 g/mol. The molecule has 0 saturated heterocycles. The number of carbonyl (C=O) groups is 3. The Hall–Kier alpha value is -4.36. The van der Waals surface area contributed by atoms with Gasteiger partial charge in [0.2, 0.25) is 11.6 Å². The lowest BCUT2D eigenvalue weighted by Crippen LogP contribution is -2.17. The molecule has 0 spiro atoms. The van der Waals surface area contributed by atoms with Crippen LogP contribution in [0.15, 0.2) is 83.3 Å². The Kier molecular flexibility index (Phi) is 6.31. The summed E-state index contributed by atoms with van der Waals surface area (Å²) in [5.41, 5.74) is 4.42. The Labute approximate surface area is 211 Å². The van der Waals surface area contributed by atoms with Crippen LogP contribution in [0.3, 0.4) is 0 Å². The van der Waals surface area contributed by atoms with E-state index in [1.807, 2.05) is 66.9 Å². The van der Waals surface area contributed by atoms with E-state index in [1.54, 1.807) is 18.2 Å². The first kappa shape index (κ1) is 23.4. The molecule has 0 saturated carbocycles. The number of rotatable bonds is 8. The summed E-state index contributed by atoms with van der Waals surface area (Å²) in [5.74, 6) is -0.396. The van der Waals surface area contributed by atoms with Gasteiger partial charge in [-0.1, -0.05) is 35.5 Å². The van der Waals surface area contributed by atoms with Crippen molar-refractivity contribution in [3.63, 3.8) is 0 Å². The fourth-order valence-corrected chi connectivity index (χ4v) is 5.23. The highest BCUT2D eigenvalue weighted by Gasteiger charge is 2.21. The highest BCUT2D eigenvalue weighted by atomic mass is 32.1. The van der Waals surface area contributed by atoms with Crippen molar-refractivity contribution in [2.75, 3.05) is 0 Å². The molecule has 0 N–H and O–H groups in total. The Bertz CT molecular complexity index is 1660. The van der Waals surface area contributed by atoms with Gasteiger partial charge in [0.1, 0.15) is 0 Å². The van der Waals surface area contributed by atoms with Gasteiger partial charge >= 0.3 is 6.47 Å². The van der Waals surface area contributed by atoms with Gasteiger partial charge in [0.05, 0.1) is 4.88 Å². The van der Waals surface area contributed by atoms with E-state index in [9.17, 15) is 14.4 Å². The van der Waals surface area contributed by atoms with Gasteiger partial charge in [-0.3, -0.25) is 14.4 Å². The lowest BCUT2D eigenvalue weighted by molar-refractivity contribution is -0.128. The summed E-state index contributed by atoms with van der Waals surface area (Å²) in [7, 11) is 0. The third kappa shape index (κ3) is 4.03. The van der Waals surface area contributed by atoms with Gasteiger partial charge in [-0.2, -0.15) is 0 Å². The molecule has 0 radical (unpaired) electrons. The summed E-state index contributed by atoms with van der Waals surface area (Å²) in [5, 5.41) is 7.46. The average Bonchev–Trinajstić information content (AvgIpc) is 3.55. The predicted molar refractivity (Wildman–Crippen MR) is 142 cm³/mol. The van der Waals surface area contributed by atoms with E-state index in [-0.39, 0.29) is 23.8 Å². The number of carbonyl (C=O) groups excluding carboxylic acids is 3. The number of nitrogens with zero attached hydrogens (tertiary/aromatic N) is 2. The zero-order valence-corrected chi connectivity index (χ0v) is 20.5. The van der Waals surface area contributed by atoms with Crippen LogP contribution in [-0.2, 0) is 16.2 Å². The van der Waals surface area contributed by atoms with Crippen molar-refractivity contribution in [1.82, 2.24) is 4.57 Å². The van der Waals surface area contributed by atoms with E-state index in [2.05, 4.69) is 21.5 Å². The minimum atomic E-state index is -0.365. The number of aryl methyl sites for hydroxylation is 2. The topological polar surface area (TPSA) is 77.7 Å². The van der Waals surface area contributed by atoms with E-state index in [1.165, 1.54) is 11.3 Å². The molecule has 2 aromatic heterocycles.